The monoisotopic (exact) mass is 346 g/mol. The molecule has 0 bridgehead atoms. The van der Waals surface area contributed by atoms with Crippen LogP contribution in [0.4, 0.5) is 18.0 Å². The summed E-state index contributed by atoms with van der Waals surface area (Å²) in [6, 6.07) is 4.35. The second-order valence-corrected chi connectivity index (χ2v) is 5.84. The van der Waals surface area contributed by atoms with Gasteiger partial charge in [-0.15, -0.1) is 0 Å². The van der Waals surface area contributed by atoms with E-state index in [4.69, 9.17) is 4.74 Å². The Labute approximate surface area is 138 Å². The predicted molar refractivity (Wildman–Crippen MR) is 81.7 cm³/mol. The molecule has 0 aromatic heterocycles. The van der Waals surface area contributed by atoms with Crippen molar-refractivity contribution in [3.8, 4) is 5.75 Å². The highest BCUT2D eigenvalue weighted by molar-refractivity contribution is 5.74. The Morgan fingerprint density at radius 3 is 2.88 bits per heavy atom. The number of hydrogen-bond acceptors (Lipinski definition) is 3. The van der Waals surface area contributed by atoms with Crippen LogP contribution in [0.2, 0.25) is 0 Å². The van der Waals surface area contributed by atoms with Gasteiger partial charge in [-0.05, 0) is 31.5 Å². The number of halogens is 3. The molecule has 1 aromatic rings. The molecule has 0 saturated carbocycles. The summed E-state index contributed by atoms with van der Waals surface area (Å²) in [5.74, 6) is 0.187. The molecule has 1 fully saturated rings. The Morgan fingerprint density at radius 1 is 1.50 bits per heavy atom. The van der Waals surface area contributed by atoms with Gasteiger partial charge in [0.15, 0.2) is 0 Å². The largest absolute Gasteiger partial charge is 0.492 e. The zero-order chi connectivity index (χ0) is 17.7. The van der Waals surface area contributed by atoms with Crippen molar-refractivity contribution >= 4 is 6.03 Å². The molecular formula is C16H21F3N2O3. The van der Waals surface area contributed by atoms with Crippen LogP contribution in [0.5, 0.6) is 5.75 Å². The number of ether oxygens (including phenoxy) is 1. The summed E-state index contributed by atoms with van der Waals surface area (Å²) in [6.07, 6.45) is -4.11. The third-order valence-corrected chi connectivity index (χ3v) is 4.00. The van der Waals surface area contributed by atoms with E-state index >= 15 is 0 Å². The van der Waals surface area contributed by atoms with Crippen molar-refractivity contribution in [3.63, 3.8) is 0 Å². The fourth-order valence-electron chi connectivity index (χ4n) is 2.57. The summed E-state index contributed by atoms with van der Waals surface area (Å²) in [6.45, 7) is 3.04. The maximum absolute atomic E-state index is 12.6. The molecular weight excluding hydrogens is 325 g/mol. The van der Waals surface area contributed by atoms with E-state index in [-0.39, 0.29) is 30.9 Å². The van der Waals surface area contributed by atoms with Crippen LogP contribution in [0.3, 0.4) is 0 Å². The molecule has 2 amide bonds. The van der Waals surface area contributed by atoms with E-state index in [2.05, 4.69) is 5.32 Å². The summed E-state index contributed by atoms with van der Waals surface area (Å²) in [7, 11) is 0. The molecule has 24 heavy (non-hydrogen) atoms. The van der Waals surface area contributed by atoms with Crippen LogP contribution in [0, 0.1) is 5.92 Å². The predicted octanol–water partition coefficient (Wildman–Crippen LogP) is 2.50. The Kier molecular flexibility index (Phi) is 5.93. The van der Waals surface area contributed by atoms with Gasteiger partial charge < -0.3 is 20.1 Å². The Bertz CT molecular complexity index is 564. The number of amides is 2. The summed E-state index contributed by atoms with van der Waals surface area (Å²) in [5.41, 5.74) is -0.773. The number of carbonyl (C=O) groups is 1. The van der Waals surface area contributed by atoms with E-state index in [9.17, 15) is 23.1 Å². The number of nitrogens with one attached hydrogen (secondary N) is 1. The highest BCUT2D eigenvalue weighted by Gasteiger charge is 2.31. The number of nitrogens with zero attached hydrogens (tertiary/aromatic N) is 1. The summed E-state index contributed by atoms with van der Waals surface area (Å²) in [5, 5.41) is 12.2. The van der Waals surface area contributed by atoms with Crippen molar-refractivity contribution < 1.29 is 27.8 Å². The second kappa shape index (κ2) is 7.74. The van der Waals surface area contributed by atoms with E-state index in [1.165, 1.54) is 12.1 Å². The maximum atomic E-state index is 12.6. The third-order valence-electron chi connectivity index (χ3n) is 4.00. The number of aliphatic hydroxyl groups is 1. The van der Waals surface area contributed by atoms with Gasteiger partial charge in [-0.25, -0.2) is 4.79 Å². The fourth-order valence-corrected chi connectivity index (χ4v) is 2.57. The topological polar surface area (TPSA) is 61.8 Å². The Morgan fingerprint density at radius 2 is 2.25 bits per heavy atom. The number of hydrogen-bond donors (Lipinski definition) is 2. The van der Waals surface area contributed by atoms with Crippen molar-refractivity contribution in [2.45, 2.75) is 25.6 Å². The minimum atomic E-state index is -4.41. The first kappa shape index (κ1) is 18.4. The van der Waals surface area contributed by atoms with Crippen molar-refractivity contribution in [2.75, 3.05) is 26.2 Å². The Hall–Kier alpha value is -1.96. The quantitative estimate of drug-likeness (QED) is 0.806. The van der Waals surface area contributed by atoms with Crippen molar-refractivity contribution in [3.05, 3.63) is 29.8 Å². The maximum Gasteiger partial charge on any atom is 0.416 e. The first-order chi connectivity index (χ1) is 11.3. The highest BCUT2D eigenvalue weighted by Crippen LogP contribution is 2.31. The van der Waals surface area contributed by atoms with Crippen molar-refractivity contribution in [1.29, 1.82) is 0 Å². The van der Waals surface area contributed by atoms with Crippen LogP contribution in [-0.2, 0) is 6.18 Å². The SMILES string of the molecule is C[C@@H](O)[C@H]1CCN(C(=O)NCCOc2cccc(C(F)(F)F)c2)C1. The molecule has 1 aliphatic rings. The fraction of sp³-hybridized carbons (Fsp3) is 0.562. The zero-order valence-corrected chi connectivity index (χ0v) is 13.3. The van der Waals surface area contributed by atoms with E-state index in [1.807, 2.05) is 0 Å². The van der Waals surface area contributed by atoms with Gasteiger partial charge in [0.1, 0.15) is 12.4 Å². The molecule has 0 aliphatic carbocycles. The molecule has 0 spiro atoms. The van der Waals surface area contributed by atoms with Crippen molar-refractivity contribution in [1.82, 2.24) is 10.2 Å². The van der Waals surface area contributed by atoms with Gasteiger partial charge >= 0.3 is 12.2 Å². The number of rotatable bonds is 5. The number of aliphatic hydroxyl groups excluding tert-OH is 1. The lowest BCUT2D eigenvalue weighted by Crippen LogP contribution is -2.40. The molecule has 0 unspecified atom stereocenters. The van der Waals surface area contributed by atoms with Gasteiger partial charge in [0, 0.05) is 19.0 Å². The normalized spacial score (nSPS) is 19.2. The van der Waals surface area contributed by atoms with E-state index in [0.717, 1.165) is 18.6 Å². The second-order valence-electron chi connectivity index (χ2n) is 5.84. The molecule has 1 aliphatic heterocycles. The molecule has 8 heteroatoms. The van der Waals surface area contributed by atoms with E-state index < -0.39 is 17.8 Å². The first-order valence-corrected chi connectivity index (χ1v) is 7.78. The lowest BCUT2D eigenvalue weighted by Gasteiger charge is -2.18. The molecule has 2 N–H and O–H groups in total. The van der Waals surface area contributed by atoms with Gasteiger partial charge in [0.05, 0.1) is 18.2 Å². The minimum absolute atomic E-state index is 0.0702. The lowest BCUT2D eigenvalue weighted by molar-refractivity contribution is -0.137. The number of carbonyl (C=O) groups excluding carboxylic acids is 1. The number of likely N-dealkylation sites (tertiary alicyclic amines) is 1. The smallest absolute Gasteiger partial charge is 0.416 e. The van der Waals surface area contributed by atoms with Crippen molar-refractivity contribution in [2.24, 2.45) is 5.92 Å². The summed E-state index contributed by atoms with van der Waals surface area (Å²) in [4.78, 5) is 13.6. The Balaban J connectivity index is 1.73. The van der Waals surface area contributed by atoms with Gasteiger partial charge in [0.25, 0.3) is 0 Å². The van der Waals surface area contributed by atoms with Crippen LogP contribution in [0.15, 0.2) is 24.3 Å². The molecule has 0 radical (unpaired) electrons. The van der Waals surface area contributed by atoms with E-state index in [1.54, 1.807) is 11.8 Å². The molecule has 2 atom stereocenters. The van der Waals surface area contributed by atoms with Gasteiger partial charge in [-0.3, -0.25) is 0 Å². The lowest BCUT2D eigenvalue weighted by atomic mass is 10.0. The highest BCUT2D eigenvalue weighted by atomic mass is 19.4. The van der Waals surface area contributed by atoms with Gasteiger partial charge in [-0.1, -0.05) is 6.07 Å². The standard InChI is InChI=1S/C16H21F3N2O3/c1-11(22)12-5-7-21(10-12)15(23)20-6-8-24-14-4-2-3-13(9-14)16(17,18)19/h2-4,9,11-12,22H,5-8,10H2,1H3,(H,20,23)/t11-,12+/m1/s1. The van der Waals surface area contributed by atoms with Crippen LogP contribution < -0.4 is 10.1 Å². The number of urea groups is 1. The molecule has 1 aromatic carbocycles. The van der Waals surface area contributed by atoms with Crippen LogP contribution >= 0.6 is 0 Å². The molecule has 5 nitrogen and oxygen atoms in total. The van der Waals surface area contributed by atoms with Gasteiger partial charge in [0.2, 0.25) is 0 Å². The van der Waals surface area contributed by atoms with Crippen LogP contribution in [0.25, 0.3) is 0 Å². The average Bonchev–Trinajstić information content (AvgIpc) is 3.01. The molecule has 134 valence electrons. The number of benzene rings is 1. The minimum Gasteiger partial charge on any atom is -0.492 e. The zero-order valence-electron chi connectivity index (χ0n) is 13.3. The first-order valence-electron chi connectivity index (χ1n) is 7.78. The number of alkyl halides is 3. The van der Waals surface area contributed by atoms with Crippen LogP contribution in [-0.4, -0.2) is 48.4 Å². The summed E-state index contributed by atoms with van der Waals surface area (Å²) < 4.78 is 43.0. The molecule has 2 rings (SSSR count). The average molecular weight is 346 g/mol. The molecule has 1 saturated heterocycles. The van der Waals surface area contributed by atoms with Crippen LogP contribution in [0.1, 0.15) is 18.9 Å². The van der Waals surface area contributed by atoms with E-state index in [0.29, 0.717) is 13.1 Å². The molecule has 1 heterocycles. The summed E-state index contributed by atoms with van der Waals surface area (Å²) >= 11 is 0. The van der Waals surface area contributed by atoms with Gasteiger partial charge in [-0.2, -0.15) is 13.2 Å². The third kappa shape index (κ3) is 5.02.